The van der Waals surface area contributed by atoms with Crippen LogP contribution in [0.2, 0.25) is 0 Å². The summed E-state index contributed by atoms with van der Waals surface area (Å²) in [6, 6.07) is 0.761. The lowest BCUT2D eigenvalue weighted by Crippen LogP contribution is -2.41. The summed E-state index contributed by atoms with van der Waals surface area (Å²) < 4.78 is 5.43. The first-order valence-corrected chi connectivity index (χ1v) is 7.22. The van der Waals surface area contributed by atoms with Gasteiger partial charge >= 0.3 is 0 Å². The van der Waals surface area contributed by atoms with Crippen LogP contribution in [0.5, 0.6) is 0 Å². The van der Waals surface area contributed by atoms with E-state index in [1.54, 1.807) is 0 Å². The summed E-state index contributed by atoms with van der Waals surface area (Å²) in [5.74, 6) is 1.36. The lowest BCUT2D eigenvalue weighted by molar-refractivity contribution is -0.128. The van der Waals surface area contributed by atoms with Crippen LogP contribution in [0.4, 0.5) is 0 Å². The Kier molecular flexibility index (Phi) is 3.48. The van der Waals surface area contributed by atoms with E-state index >= 15 is 0 Å². The number of hydrogen-bond acceptors (Lipinski definition) is 3. The van der Waals surface area contributed by atoms with Crippen molar-refractivity contribution in [1.82, 2.24) is 5.32 Å². The Morgan fingerprint density at radius 1 is 1.12 bits per heavy atom. The van der Waals surface area contributed by atoms with Crippen molar-refractivity contribution in [2.45, 2.75) is 57.0 Å². The first kappa shape index (κ1) is 11.7. The Morgan fingerprint density at radius 3 is 2.76 bits per heavy atom. The van der Waals surface area contributed by atoms with Crippen LogP contribution in [0, 0.1) is 11.8 Å². The highest BCUT2D eigenvalue weighted by atomic mass is 16.5. The van der Waals surface area contributed by atoms with Crippen LogP contribution in [0.15, 0.2) is 0 Å². The monoisotopic (exact) mass is 237 g/mol. The number of ether oxygens (including phenoxy) is 1. The molecule has 0 aromatic carbocycles. The van der Waals surface area contributed by atoms with E-state index in [0.717, 1.165) is 31.8 Å². The Bertz CT molecular complexity index is 272. The van der Waals surface area contributed by atoms with Gasteiger partial charge in [-0.1, -0.05) is 12.8 Å². The second kappa shape index (κ2) is 5.07. The number of nitrogens with one attached hydrogen (secondary N) is 1. The minimum absolute atomic E-state index is 0.134. The number of carbonyl (C=O) groups is 1. The molecule has 1 aliphatic carbocycles. The molecule has 4 atom stereocenters. The fourth-order valence-corrected chi connectivity index (χ4v) is 3.79. The van der Waals surface area contributed by atoms with Crippen molar-refractivity contribution in [3.63, 3.8) is 0 Å². The predicted octanol–water partition coefficient (Wildman–Crippen LogP) is 1.90. The van der Waals surface area contributed by atoms with Gasteiger partial charge in [-0.15, -0.1) is 0 Å². The number of fused-ring (bicyclic) bond motifs is 1. The van der Waals surface area contributed by atoms with Crippen molar-refractivity contribution < 1.29 is 9.53 Å². The van der Waals surface area contributed by atoms with E-state index < -0.39 is 0 Å². The van der Waals surface area contributed by atoms with Crippen LogP contribution in [0.25, 0.3) is 0 Å². The van der Waals surface area contributed by atoms with Crippen LogP contribution in [-0.2, 0) is 9.53 Å². The van der Waals surface area contributed by atoms with Crippen LogP contribution in [0.1, 0.15) is 44.9 Å². The van der Waals surface area contributed by atoms with Gasteiger partial charge in [0.15, 0.2) is 5.78 Å². The van der Waals surface area contributed by atoms with Crippen LogP contribution in [-0.4, -0.2) is 31.1 Å². The molecule has 17 heavy (non-hydrogen) atoms. The minimum Gasteiger partial charge on any atom is -0.381 e. The zero-order valence-electron chi connectivity index (χ0n) is 10.5. The average Bonchev–Trinajstić information content (AvgIpc) is 2.82. The topological polar surface area (TPSA) is 38.3 Å². The van der Waals surface area contributed by atoms with Crippen LogP contribution >= 0.6 is 0 Å². The molecule has 3 rings (SSSR count). The molecule has 2 aliphatic heterocycles. The summed E-state index contributed by atoms with van der Waals surface area (Å²) in [6.07, 6.45) is 8.46. The van der Waals surface area contributed by atoms with Crippen molar-refractivity contribution in [2.75, 3.05) is 13.2 Å². The third-order valence-corrected chi connectivity index (χ3v) is 4.77. The fourth-order valence-electron chi connectivity index (χ4n) is 3.79. The molecule has 2 heterocycles. The standard InChI is InChI=1S/C14H23NO2/c16-14(11-5-3-7-17-9-11)13-8-10-4-1-2-6-12(10)15-13/h10-13,15H,1-9H2. The maximum Gasteiger partial charge on any atom is 0.155 e. The summed E-state index contributed by atoms with van der Waals surface area (Å²) in [5.41, 5.74) is 0. The van der Waals surface area contributed by atoms with Crippen molar-refractivity contribution in [1.29, 1.82) is 0 Å². The first-order chi connectivity index (χ1) is 8.34. The van der Waals surface area contributed by atoms with E-state index in [4.69, 9.17) is 4.74 Å². The number of carbonyl (C=O) groups excluding carboxylic acids is 1. The zero-order chi connectivity index (χ0) is 11.7. The SMILES string of the molecule is O=C(C1CCCOC1)C1CC2CCCCC2N1. The summed E-state index contributed by atoms with van der Waals surface area (Å²) >= 11 is 0. The molecule has 3 heteroatoms. The molecule has 0 radical (unpaired) electrons. The Morgan fingerprint density at radius 2 is 2.00 bits per heavy atom. The van der Waals surface area contributed by atoms with E-state index in [2.05, 4.69) is 5.32 Å². The van der Waals surface area contributed by atoms with Gasteiger partial charge in [0.25, 0.3) is 0 Å². The Hall–Kier alpha value is -0.410. The molecule has 0 amide bonds. The molecule has 0 bridgehead atoms. The molecule has 0 aromatic rings. The second-order valence-electron chi connectivity index (χ2n) is 5.92. The molecular weight excluding hydrogens is 214 g/mol. The molecule has 3 fully saturated rings. The molecule has 1 saturated carbocycles. The van der Waals surface area contributed by atoms with Gasteiger partial charge < -0.3 is 10.1 Å². The fraction of sp³-hybridized carbons (Fsp3) is 0.929. The van der Waals surface area contributed by atoms with Gasteiger partial charge in [-0.3, -0.25) is 4.79 Å². The van der Waals surface area contributed by atoms with Crippen LogP contribution in [0.3, 0.4) is 0 Å². The molecule has 2 saturated heterocycles. The van der Waals surface area contributed by atoms with E-state index in [0.29, 0.717) is 18.4 Å². The number of ketones is 1. The Balaban J connectivity index is 1.59. The summed E-state index contributed by atoms with van der Waals surface area (Å²) in [5, 5.41) is 3.58. The van der Waals surface area contributed by atoms with Gasteiger partial charge in [0.05, 0.1) is 12.6 Å². The van der Waals surface area contributed by atoms with Crippen molar-refractivity contribution >= 4 is 5.78 Å². The van der Waals surface area contributed by atoms with E-state index in [9.17, 15) is 4.79 Å². The second-order valence-corrected chi connectivity index (χ2v) is 5.92. The highest BCUT2D eigenvalue weighted by Gasteiger charge is 2.40. The normalized spacial score (nSPS) is 42.1. The van der Waals surface area contributed by atoms with Gasteiger partial charge in [-0.2, -0.15) is 0 Å². The molecule has 96 valence electrons. The lowest BCUT2D eigenvalue weighted by atomic mass is 9.84. The van der Waals surface area contributed by atoms with Crippen molar-refractivity contribution in [2.24, 2.45) is 11.8 Å². The highest BCUT2D eigenvalue weighted by Crippen LogP contribution is 2.34. The third kappa shape index (κ3) is 2.41. The molecular formula is C14H23NO2. The van der Waals surface area contributed by atoms with E-state index in [1.165, 1.54) is 25.7 Å². The third-order valence-electron chi connectivity index (χ3n) is 4.77. The quantitative estimate of drug-likeness (QED) is 0.797. The van der Waals surface area contributed by atoms with Gasteiger partial charge in [-0.25, -0.2) is 0 Å². The average molecular weight is 237 g/mol. The summed E-state index contributed by atoms with van der Waals surface area (Å²) in [6.45, 7) is 1.50. The lowest BCUT2D eigenvalue weighted by Gasteiger charge is -2.24. The summed E-state index contributed by atoms with van der Waals surface area (Å²) in [7, 11) is 0. The maximum absolute atomic E-state index is 12.4. The summed E-state index contributed by atoms with van der Waals surface area (Å²) in [4.78, 5) is 12.4. The van der Waals surface area contributed by atoms with Gasteiger partial charge in [0.2, 0.25) is 0 Å². The van der Waals surface area contributed by atoms with Crippen molar-refractivity contribution in [3.8, 4) is 0 Å². The van der Waals surface area contributed by atoms with Gasteiger partial charge in [0, 0.05) is 18.6 Å². The number of rotatable bonds is 2. The smallest absolute Gasteiger partial charge is 0.155 e. The first-order valence-electron chi connectivity index (χ1n) is 7.22. The molecule has 0 aromatic heterocycles. The molecule has 1 N–H and O–H groups in total. The Labute approximate surface area is 103 Å². The van der Waals surface area contributed by atoms with Crippen LogP contribution < -0.4 is 5.32 Å². The minimum atomic E-state index is 0.134. The molecule has 3 aliphatic rings. The van der Waals surface area contributed by atoms with Gasteiger partial charge in [-0.05, 0) is 38.0 Å². The largest absolute Gasteiger partial charge is 0.381 e. The molecule has 4 unspecified atom stereocenters. The zero-order valence-corrected chi connectivity index (χ0v) is 10.5. The molecule has 3 nitrogen and oxygen atoms in total. The van der Waals surface area contributed by atoms with Crippen molar-refractivity contribution in [3.05, 3.63) is 0 Å². The molecule has 0 spiro atoms. The predicted molar refractivity (Wildman–Crippen MR) is 65.8 cm³/mol. The highest BCUT2D eigenvalue weighted by molar-refractivity contribution is 5.86. The maximum atomic E-state index is 12.4. The number of hydrogen-bond donors (Lipinski definition) is 1. The number of Topliss-reactive ketones (excluding diaryl/α,β-unsaturated/α-hetero) is 1. The van der Waals surface area contributed by atoms with E-state index in [1.807, 2.05) is 0 Å². The van der Waals surface area contributed by atoms with Gasteiger partial charge in [0.1, 0.15) is 0 Å². The van der Waals surface area contributed by atoms with E-state index in [-0.39, 0.29) is 12.0 Å².